The van der Waals surface area contributed by atoms with Gasteiger partial charge in [-0.25, -0.2) is 9.78 Å². The van der Waals surface area contributed by atoms with Gasteiger partial charge in [0.25, 0.3) is 0 Å². The number of aromatic nitrogens is 1. The van der Waals surface area contributed by atoms with Crippen molar-refractivity contribution in [3.8, 4) is 11.3 Å². The van der Waals surface area contributed by atoms with Gasteiger partial charge in [0.1, 0.15) is 0 Å². The highest BCUT2D eigenvalue weighted by molar-refractivity contribution is 14.1. The lowest BCUT2D eigenvalue weighted by Gasteiger charge is -2.10. The van der Waals surface area contributed by atoms with E-state index in [1.165, 1.54) is 0 Å². The highest BCUT2D eigenvalue weighted by atomic mass is 127. The first-order chi connectivity index (χ1) is 14.5. The molecule has 148 valence electrons. The summed E-state index contributed by atoms with van der Waals surface area (Å²) in [6, 6.07) is 24.2. The maximum atomic E-state index is 12.9. The fraction of sp³-hybridized carbons (Fsp3) is 0.0417. The summed E-state index contributed by atoms with van der Waals surface area (Å²) in [6.07, 6.45) is 0.0190. The fourth-order valence-electron chi connectivity index (χ4n) is 3.09. The molecule has 0 unspecified atom stereocenters. The molecule has 0 aliphatic rings. The van der Waals surface area contributed by atoms with Gasteiger partial charge in [-0.05, 0) is 64.6 Å². The van der Waals surface area contributed by atoms with Crippen LogP contribution < -0.4 is 0 Å². The molecule has 4 nitrogen and oxygen atoms in total. The second kappa shape index (κ2) is 9.06. The van der Waals surface area contributed by atoms with E-state index in [1.807, 2.05) is 72.8 Å². The van der Waals surface area contributed by atoms with Crippen LogP contribution in [0.1, 0.15) is 15.9 Å². The maximum absolute atomic E-state index is 12.9. The molecular formula is C24H15BrINO3. The Hall–Kier alpha value is -2.58. The molecule has 1 heterocycles. The van der Waals surface area contributed by atoms with E-state index in [4.69, 9.17) is 4.74 Å². The van der Waals surface area contributed by atoms with E-state index in [0.717, 1.165) is 19.2 Å². The molecule has 0 bridgehead atoms. The van der Waals surface area contributed by atoms with Crippen molar-refractivity contribution in [3.63, 3.8) is 0 Å². The average molecular weight is 572 g/mol. The molecule has 6 heteroatoms. The summed E-state index contributed by atoms with van der Waals surface area (Å²) in [5.41, 5.74) is 3.30. The number of rotatable bonds is 4. The zero-order valence-corrected chi connectivity index (χ0v) is 19.4. The van der Waals surface area contributed by atoms with Crippen molar-refractivity contribution in [2.24, 2.45) is 0 Å². The summed E-state index contributed by atoms with van der Waals surface area (Å²) >= 11 is 5.54. The second-order valence-electron chi connectivity index (χ2n) is 6.65. The number of carbonyl (C=O) groups excluding carboxylic acids is 2. The molecule has 0 amide bonds. The summed E-state index contributed by atoms with van der Waals surface area (Å²) in [5, 5.41) is 0.656. The van der Waals surface area contributed by atoms with Crippen LogP contribution in [0.15, 0.2) is 83.3 Å². The smallest absolute Gasteiger partial charge is 0.346 e. The van der Waals surface area contributed by atoms with Gasteiger partial charge in [0.15, 0.2) is 0 Å². The van der Waals surface area contributed by atoms with Crippen molar-refractivity contribution >= 4 is 61.4 Å². The molecule has 0 fully saturated rings. The van der Waals surface area contributed by atoms with E-state index in [-0.39, 0.29) is 6.42 Å². The lowest BCUT2D eigenvalue weighted by molar-refractivity contribution is -0.137. The molecule has 3 aromatic carbocycles. The molecule has 4 rings (SSSR count). The van der Waals surface area contributed by atoms with Gasteiger partial charge in [-0.15, -0.1) is 0 Å². The van der Waals surface area contributed by atoms with E-state index in [2.05, 4.69) is 43.5 Å². The average Bonchev–Trinajstić information content (AvgIpc) is 2.75. The molecule has 1 aromatic heterocycles. The highest BCUT2D eigenvalue weighted by Gasteiger charge is 2.19. The van der Waals surface area contributed by atoms with Crippen molar-refractivity contribution in [2.45, 2.75) is 6.42 Å². The molecule has 0 saturated carbocycles. The Bertz CT molecular complexity index is 1240. The summed E-state index contributed by atoms with van der Waals surface area (Å²) in [7, 11) is 0. The van der Waals surface area contributed by atoms with Gasteiger partial charge in [0.05, 0.1) is 23.2 Å². The second-order valence-corrected chi connectivity index (χ2v) is 8.81. The quantitative estimate of drug-likeness (QED) is 0.166. The SMILES string of the molecule is O=C(Cc1ccc(Br)cc1)OC(=O)c1cc(-c2ccccc2)nc2ccc(I)cc12. The van der Waals surface area contributed by atoms with E-state index in [0.29, 0.717) is 22.2 Å². The van der Waals surface area contributed by atoms with E-state index in [9.17, 15) is 9.59 Å². The number of fused-ring (bicyclic) bond motifs is 1. The molecule has 4 aromatic rings. The van der Waals surface area contributed by atoms with Gasteiger partial charge in [0, 0.05) is 19.0 Å². The number of nitrogens with zero attached hydrogens (tertiary/aromatic N) is 1. The lowest BCUT2D eigenvalue weighted by atomic mass is 10.0. The van der Waals surface area contributed by atoms with Crippen molar-refractivity contribution in [1.29, 1.82) is 0 Å². The Morgan fingerprint density at radius 3 is 2.40 bits per heavy atom. The van der Waals surface area contributed by atoms with Crippen molar-refractivity contribution in [2.75, 3.05) is 0 Å². The number of hydrogen-bond donors (Lipinski definition) is 0. The van der Waals surface area contributed by atoms with Crippen LogP contribution >= 0.6 is 38.5 Å². The minimum Gasteiger partial charge on any atom is -0.389 e. The van der Waals surface area contributed by atoms with E-state index in [1.54, 1.807) is 6.07 Å². The molecule has 0 aliphatic carbocycles. The molecule has 0 atom stereocenters. The van der Waals surface area contributed by atoms with Crippen LogP contribution in [0, 0.1) is 3.57 Å². The van der Waals surface area contributed by atoms with Crippen LogP contribution in [-0.4, -0.2) is 16.9 Å². The number of pyridine rings is 1. The molecule has 0 aliphatic heterocycles. The Labute approximate surface area is 195 Å². The van der Waals surface area contributed by atoms with Gasteiger partial charge < -0.3 is 4.74 Å². The first kappa shape index (κ1) is 20.7. The number of halogens is 2. The highest BCUT2D eigenvalue weighted by Crippen LogP contribution is 2.27. The first-order valence-electron chi connectivity index (χ1n) is 9.15. The summed E-state index contributed by atoms with van der Waals surface area (Å²) in [5.74, 6) is -1.28. The van der Waals surface area contributed by atoms with Crippen molar-refractivity contribution in [3.05, 3.63) is 98.0 Å². The van der Waals surface area contributed by atoms with Crippen LogP contribution in [0.4, 0.5) is 0 Å². The van der Waals surface area contributed by atoms with Crippen molar-refractivity contribution < 1.29 is 14.3 Å². The first-order valence-corrected chi connectivity index (χ1v) is 11.0. The van der Waals surface area contributed by atoms with Gasteiger partial charge in [-0.3, -0.25) is 4.79 Å². The van der Waals surface area contributed by atoms with Crippen LogP contribution in [0.3, 0.4) is 0 Å². The number of esters is 2. The largest absolute Gasteiger partial charge is 0.389 e. The number of carbonyl (C=O) groups is 2. The third kappa shape index (κ3) is 4.76. The Morgan fingerprint density at radius 1 is 0.933 bits per heavy atom. The molecular weight excluding hydrogens is 557 g/mol. The number of hydrogen-bond acceptors (Lipinski definition) is 4. The van der Waals surface area contributed by atoms with Gasteiger partial charge >= 0.3 is 11.9 Å². The zero-order chi connectivity index (χ0) is 21.1. The predicted molar refractivity (Wildman–Crippen MR) is 128 cm³/mol. The molecule has 0 spiro atoms. The van der Waals surface area contributed by atoms with Gasteiger partial charge in [-0.2, -0.15) is 0 Å². The zero-order valence-electron chi connectivity index (χ0n) is 15.6. The predicted octanol–water partition coefficient (Wildman–Crippen LogP) is 6.20. The summed E-state index contributed by atoms with van der Waals surface area (Å²) in [4.78, 5) is 30.0. The van der Waals surface area contributed by atoms with E-state index >= 15 is 0 Å². The standard InChI is InChI=1S/C24H15BrINO3/c25-17-8-6-15(7-9-17)12-23(28)30-24(29)20-14-22(16-4-2-1-3-5-16)27-21-11-10-18(26)13-19(20)21/h1-11,13-14H,12H2. The van der Waals surface area contributed by atoms with Gasteiger partial charge in [-0.1, -0.05) is 58.4 Å². The van der Waals surface area contributed by atoms with Crippen LogP contribution in [0.25, 0.3) is 22.2 Å². The summed E-state index contributed by atoms with van der Waals surface area (Å²) < 4.78 is 7.07. The topological polar surface area (TPSA) is 56.3 Å². The third-order valence-corrected chi connectivity index (χ3v) is 5.73. The fourth-order valence-corrected chi connectivity index (χ4v) is 3.84. The monoisotopic (exact) mass is 571 g/mol. The minimum absolute atomic E-state index is 0.0190. The van der Waals surface area contributed by atoms with Crippen LogP contribution in [0.2, 0.25) is 0 Å². The molecule has 0 N–H and O–H groups in total. The molecule has 30 heavy (non-hydrogen) atoms. The molecule has 0 radical (unpaired) electrons. The molecule has 0 saturated heterocycles. The maximum Gasteiger partial charge on any atom is 0.346 e. The minimum atomic E-state index is -0.677. The Morgan fingerprint density at radius 2 is 1.67 bits per heavy atom. The lowest BCUT2D eigenvalue weighted by Crippen LogP contribution is -2.15. The normalized spacial score (nSPS) is 10.7. The number of ether oxygens (including phenoxy) is 1. The van der Waals surface area contributed by atoms with Gasteiger partial charge in [0.2, 0.25) is 0 Å². The van der Waals surface area contributed by atoms with Crippen LogP contribution in [-0.2, 0) is 16.0 Å². The van der Waals surface area contributed by atoms with Crippen LogP contribution in [0.5, 0.6) is 0 Å². The third-order valence-electron chi connectivity index (χ3n) is 4.53. The number of benzene rings is 3. The summed E-state index contributed by atoms with van der Waals surface area (Å²) in [6.45, 7) is 0. The Balaban J connectivity index is 1.67. The van der Waals surface area contributed by atoms with Crippen molar-refractivity contribution in [1.82, 2.24) is 4.98 Å². The van der Waals surface area contributed by atoms with E-state index < -0.39 is 11.9 Å². The Kier molecular flexibility index (Phi) is 6.24.